The third-order valence-corrected chi connectivity index (χ3v) is 3.84. The average molecular weight is 315 g/mol. The molecule has 6 heteroatoms. The molecular formula is C16H20F3NO2. The molecule has 122 valence electrons. The van der Waals surface area contributed by atoms with Gasteiger partial charge in [0.2, 0.25) is 5.91 Å². The summed E-state index contributed by atoms with van der Waals surface area (Å²) in [7, 11) is 1.43. The van der Waals surface area contributed by atoms with Crippen molar-refractivity contribution in [2.45, 2.75) is 38.2 Å². The molecule has 1 atom stereocenters. The largest absolute Gasteiger partial charge is 0.360 e. The number of nitrogens with zero attached hydrogens (tertiary/aromatic N) is 1. The summed E-state index contributed by atoms with van der Waals surface area (Å²) in [5.41, 5.74) is -1.05. The lowest BCUT2D eigenvalue weighted by molar-refractivity contribution is -0.183. The van der Waals surface area contributed by atoms with Crippen molar-refractivity contribution in [2.75, 3.05) is 20.2 Å². The van der Waals surface area contributed by atoms with E-state index in [1.807, 2.05) is 0 Å². The van der Waals surface area contributed by atoms with Gasteiger partial charge in [0.25, 0.3) is 0 Å². The summed E-state index contributed by atoms with van der Waals surface area (Å²) in [4.78, 5) is 12.5. The van der Waals surface area contributed by atoms with Gasteiger partial charge in [0.05, 0.1) is 12.1 Å². The number of amides is 1. The number of hydrogen-bond acceptors (Lipinski definition) is 2. The van der Waals surface area contributed by atoms with Gasteiger partial charge in [-0.05, 0) is 17.0 Å². The quantitative estimate of drug-likeness (QED) is 0.839. The van der Waals surface area contributed by atoms with E-state index in [2.05, 4.69) is 0 Å². The summed E-state index contributed by atoms with van der Waals surface area (Å²) >= 11 is 0. The second kappa shape index (κ2) is 5.57. The number of benzene rings is 1. The number of halogens is 3. The van der Waals surface area contributed by atoms with Gasteiger partial charge in [-0.1, -0.05) is 32.9 Å². The number of carbonyl (C=O) groups is 1. The minimum absolute atomic E-state index is 0.227. The third-order valence-electron chi connectivity index (χ3n) is 3.84. The van der Waals surface area contributed by atoms with Crippen molar-refractivity contribution in [3.8, 4) is 0 Å². The lowest BCUT2D eigenvalue weighted by Gasteiger charge is -2.35. The van der Waals surface area contributed by atoms with Crippen LogP contribution >= 0.6 is 0 Å². The molecule has 0 aromatic heterocycles. The fourth-order valence-corrected chi connectivity index (χ4v) is 2.45. The number of hydrogen-bond donors (Lipinski definition) is 0. The van der Waals surface area contributed by atoms with Crippen LogP contribution in [0.2, 0.25) is 0 Å². The number of carbonyl (C=O) groups excluding carboxylic acids is 1. The molecule has 22 heavy (non-hydrogen) atoms. The lowest BCUT2D eigenvalue weighted by atomic mass is 9.84. The minimum atomic E-state index is -3.51. The van der Waals surface area contributed by atoms with E-state index in [1.54, 1.807) is 20.8 Å². The number of rotatable bonds is 2. The molecule has 0 spiro atoms. The highest BCUT2D eigenvalue weighted by molar-refractivity contribution is 5.77. The van der Waals surface area contributed by atoms with Gasteiger partial charge >= 0.3 is 5.92 Å². The van der Waals surface area contributed by atoms with Crippen LogP contribution in [0, 0.1) is 5.82 Å². The van der Waals surface area contributed by atoms with E-state index in [1.165, 1.54) is 24.1 Å². The van der Waals surface area contributed by atoms with Crippen molar-refractivity contribution in [3.05, 3.63) is 35.1 Å². The van der Waals surface area contributed by atoms with E-state index in [9.17, 15) is 18.0 Å². The van der Waals surface area contributed by atoms with Crippen molar-refractivity contribution in [3.63, 3.8) is 0 Å². The molecule has 0 radical (unpaired) electrons. The molecule has 1 heterocycles. The highest BCUT2D eigenvalue weighted by atomic mass is 19.3. The lowest BCUT2D eigenvalue weighted by Crippen LogP contribution is -2.51. The Labute approximate surface area is 128 Å². The Morgan fingerprint density at radius 2 is 1.82 bits per heavy atom. The topological polar surface area (TPSA) is 29.5 Å². The van der Waals surface area contributed by atoms with Gasteiger partial charge in [-0.2, -0.15) is 8.78 Å². The number of alkyl halides is 2. The highest BCUT2D eigenvalue weighted by Gasteiger charge is 2.47. The zero-order valence-corrected chi connectivity index (χ0v) is 13.1. The molecule has 1 amide bonds. The maximum Gasteiger partial charge on any atom is 0.303 e. The second-order valence-electron chi connectivity index (χ2n) is 6.61. The van der Waals surface area contributed by atoms with Crippen molar-refractivity contribution < 1.29 is 22.7 Å². The van der Waals surface area contributed by atoms with Crippen LogP contribution in [0.25, 0.3) is 0 Å². The molecule has 1 aromatic rings. The van der Waals surface area contributed by atoms with Crippen LogP contribution in [0.4, 0.5) is 13.2 Å². The maximum atomic E-state index is 14.7. The van der Waals surface area contributed by atoms with Crippen molar-refractivity contribution in [1.29, 1.82) is 0 Å². The molecular weight excluding hydrogens is 295 g/mol. The van der Waals surface area contributed by atoms with Gasteiger partial charge in [0.1, 0.15) is 18.5 Å². The zero-order chi connectivity index (χ0) is 16.7. The predicted molar refractivity (Wildman–Crippen MR) is 76.4 cm³/mol. The first-order valence-corrected chi connectivity index (χ1v) is 7.08. The third kappa shape index (κ3) is 2.97. The Morgan fingerprint density at radius 1 is 1.23 bits per heavy atom. The minimum Gasteiger partial charge on any atom is -0.360 e. The van der Waals surface area contributed by atoms with E-state index in [0.717, 1.165) is 6.07 Å². The summed E-state index contributed by atoms with van der Waals surface area (Å²) in [6.45, 7) is 4.59. The fraction of sp³-hybridized carbons (Fsp3) is 0.562. The fourth-order valence-electron chi connectivity index (χ4n) is 2.45. The second-order valence-corrected chi connectivity index (χ2v) is 6.61. The van der Waals surface area contributed by atoms with Gasteiger partial charge < -0.3 is 9.64 Å². The summed E-state index contributed by atoms with van der Waals surface area (Å²) in [5, 5.41) is 0. The molecule has 1 saturated heterocycles. The van der Waals surface area contributed by atoms with E-state index in [0.29, 0.717) is 0 Å². The standard InChI is InChI=1S/C16H20F3NO2/c1-15(2,3)10-6-5-7-11(14(10)17)16(18,19)12-8-20(4)13(21)9-22-12/h5-7,12H,8-9H2,1-4H3. The highest BCUT2D eigenvalue weighted by Crippen LogP contribution is 2.39. The van der Waals surface area contributed by atoms with Gasteiger partial charge in [0.15, 0.2) is 0 Å². The predicted octanol–water partition coefficient (Wildman–Crippen LogP) is 3.07. The van der Waals surface area contributed by atoms with Crippen LogP contribution in [0.3, 0.4) is 0 Å². The normalized spacial score (nSPS) is 20.4. The Hall–Kier alpha value is -1.56. The van der Waals surface area contributed by atoms with Crippen LogP contribution in [-0.4, -0.2) is 37.1 Å². The Bertz CT molecular complexity index is 581. The molecule has 1 aliphatic heterocycles. The number of ether oxygens (including phenoxy) is 1. The van der Waals surface area contributed by atoms with Crippen molar-refractivity contribution in [1.82, 2.24) is 4.90 Å². The first kappa shape index (κ1) is 16.8. The van der Waals surface area contributed by atoms with E-state index in [-0.39, 0.29) is 18.0 Å². The van der Waals surface area contributed by atoms with E-state index >= 15 is 0 Å². The van der Waals surface area contributed by atoms with E-state index in [4.69, 9.17) is 4.74 Å². The van der Waals surface area contributed by atoms with Crippen molar-refractivity contribution >= 4 is 5.91 Å². The zero-order valence-electron chi connectivity index (χ0n) is 13.1. The molecule has 0 bridgehead atoms. The molecule has 3 nitrogen and oxygen atoms in total. The Kier molecular flexibility index (Phi) is 4.26. The first-order valence-electron chi connectivity index (χ1n) is 7.08. The van der Waals surface area contributed by atoms with Crippen LogP contribution in [-0.2, 0) is 20.9 Å². The Morgan fingerprint density at radius 3 is 2.36 bits per heavy atom. The van der Waals surface area contributed by atoms with Crippen LogP contribution in [0.5, 0.6) is 0 Å². The molecule has 0 saturated carbocycles. The smallest absolute Gasteiger partial charge is 0.303 e. The van der Waals surface area contributed by atoms with Crippen molar-refractivity contribution in [2.24, 2.45) is 0 Å². The monoisotopic (exact) mass is 315 g/mol. The molecule has 1 aliphatic rings. The van der Waals surface area contributed by atoms with Crippen LogP contribution < -0.4 is 0 Å². The summed E-state index contributed by atoms with van der Waals surface area (Å²) in [6, 6.07) is 4.00. The molecule has 0 N–H and O–H groups in total. The molecule has 1 aromatic carbocycles. The Balaban J connectivity index is 2.40. The molecule has 0 aliphatic carbocycles. The average Bonchev–Trinajstić information content (AvgIpc) is 2.40. The maximum absolute atomic E-state index is 14.7. The molecule has 1 fully saturated rings. The number of morpholine rings is 1. The number of likely N-dealkylation sites (N-methyl/N-ethyl adjacent to an activating group) is 1. The van der Waals surface area contributed by atoms with Gasteiger partial charge in [0, 0.05) is 7.05 Å². The molecule has 1 unspecified atom stereocenters. The van der Waals surface area contributed by atoms with Crippen LogP contribution in [0.15, 0.2) is 18.2 Å². The summed E-state index contributed by atoms with van der Waals surface area (Å²) in [5.74, 6) is -4.79. The first-order chi connectivity index (χ1) is 10.0. The summed E-state index contributed by atoms with van der Waals surface area (Å²) < 4.78 is 48.9. The van der Waals surface area contributed by atoms with Gasteiger partial charge in [-0.25, -0.2) is 4.39 Å². The molecule has 2 rings (SSSR count). The van der Waals surface area contributed by atoms with Crippen LogP contribution in [0.1, 0.15) is 31.9 Å². The summed E-state index contributed by atoms with van der Waals surface area (Å²) in [6.07, 6.45) is -1.56. The van der Waals surface area contributed by atoms with Gasteiger partial charge in [-0.3, -0.25) is 4.79 Å². The SMILES string of the molecule is CN1CC(C(F)(F)c2cccc(C(C)(C)C)c2F)OCC1=O. The van der Waals surface area contributed by atoms with E-state index < -0.39 is 35.4 Å². The van der Waals surface area contributed by atoms with Gasteiger partial charge in [-0.15, -0.1) is 0 Å².